The molecule has 1 atom stereocenters. The monoisotopic (exact) mass is 446 g/mol. The number of ether oxygens (including phenoxy) is 1. The lowest BCUT2D eigenvalue weighted by atomic mass is 10.1. The van der Waals surface area contributed by atoms with Crippen molar-refractivity contribution in [2.75, 3.05) is 43.9 Å². The van der Waals surface area contributed by atoms with Crippen LogP contribution in [0.2, 0.25) is 0 Å². The Balaban J connectivity index is 1.51. The second-order valence-electron chi connectivity index (χ2n) is 8.31. The first-order chi connectivity index (χ1) is 14.9. The normalized spacial score (nSPS) is 20.5. The number of aryl methyl sites for hydroxylation is 1. The fraction of sp³-hybridized carbons (Fsp3) is 0.571. The van der Waals surface area contributed by atoms with Gasteiger partial charge in [0.1, 0.15) is 23.5 Å². The molecule has 2 aromatic rings. The number of piperidine rings is 2. The average Bonchev–Trinajstić information content (AvgIpc) is 3.14. The van der Waals surface area contributed by atoms with Crippen molar-refractivity contribution < 1.29 is 14.6 Å². The zero-order valence-corrected chi connectivity index (χ0v) is 18.8. The molecule has 2 fully saturated rings. The number of nitrogens with one attached hydrogen (secondary N) is 2. The molecule has 168 valence electrons. The summed E-state index contributed by atoms with van der Waals surface area (Å²) in [7, 11) is 2.13. The first-order valence-corrected chi connectivity index (χ1v) is 11.6. The summed E-state index contributed by atoms with van der Waals surface area (Å²) in [5.74, 6) is 2.10. The number of hydrogen-bond acceptors (Lipinski definition) is 8. The van der Waals surface area contributed by atoms with Crippen LogP contribution in [-0.4, -0.2) is 76.3 Å². The van der Waals surface area contributed by atoms with Gasteiger partial charge < -0.3 is 30.3 Å². The lowest BCUT2D eigenvalue weighted by Crippen LogP contribution is -2.44. The summed E-state index contributed by atoms with van der Waals surface area (Å²) in [6.45, 7) is 5.09. The van der Waals surface area contributed by atoms with Crippen LogP contribution in [0.3, 0.4) is 0 Å². The number of thiazole rings is 1. The molecule has 0 aliphatic carbocycles. The van der Waals surface area contributed by atoms with Gasteiger partial charge >= 0.3 is 6.09 Å². The molecular weight excluding hydrogens is 416 g/mol. The molecule has 3 N–H and O–H groups in total. The molecule has 2 saturated heterocycles. The van der Waals surface area contributed by atoms with Gasteiger partial charge in [-0.15, -0.1) is 11.3 Å². The van der Waals surface area contributed by atoms with E-state index < -0.39 is 6.09 Å². The van der Waals surface area contributed by atoms with Crippen LogP contribution in [0.15, 0.2) is 18.3 Å². The Kier molecular flexibility index (Phi) is 6.77. The number of hydrogen-bond donors (Lipinski definition) is 3. The molecule has 2 aliphatic heterocycles. The van der Waals surface area contributed by atoms with Crippen molar-refractivity contribution in [3.63, 3.8) is 0 Å². The van der Waals surface area contributed by atoms with Crippen molar-refractivity contribution in [3.8, 4) is 5.75 Å². The maximum absolute atomic E-state index is 11.4. The van der Waals surface area contributed by atoms with Crippen LogP contribution in [-0.2, 0) is 0 Å². The molecule has 0 saturated carbocycles. The second-order valence-corrected chi connectivity index (χ2v) is 9.54. The molecule has 2 aliphatic rings. The molecule has 0 bridgehead atoms. The highest BCUT2D eigenvalue weighted by atomic mass is 32.1. The molecule has 1 amide bonds. The number of likely N-dealkylation sites (tertiary alicyclic amines) is 2. The molecule has 9 nitrogen and oxygen atoms in total. The van der Waals surface area contributed by atoms with E-state index in [4.69, 9.17) is 9.72 Å². The van der Waals surface area contributed by atoms with Gasteiger partial charge in [0.25, 0.3) is 0 Å². The molecule has 0 aromatic carbocycles. The van der Waals surface area contributed by atoms with Crippen LogP contribution in [0.5, 0.6) is 5.75 Å². The predicted molar refractivity (Wildman–Crippen MR) is 122 cm³/mol. The van der Waals surface area contributed by atoms with Gasteiger partial charge in [-0.1, -0.05) is 0 Å². The highest BCUT2D eigenvalue weighted by molar-refractivity contribution is 7.15. The van der Waals surface area contributed by atoms with Gasteiger partial charge in [0.05, 0.1) is 0 Å². The minimum atomic E-state index is -0.875. The highest BCUT2D eigenvalue weighted by Crippen LogP contribution is 2.28. The third-order valence-electron chi connectivity index (χ3n) is 5.67. The molecule has 4 heterocycles. The Hall–Kier alpha value is -2.59. The minimum absolute atomic E-state index is 0.0193. The van der Waals surface area contributed by atoms with Crippen molar-refractivity contribution >= 4 is 34.2 Å². The van der Waals surface area contributed by atoms with E-state index in [0.717, 1.165) is 54.5 Å². The van der Waals surface area contributed by atoms with Gasteiger partial charge in [0, 0.05) is 55.4 Å². The fourth-order valence-corrected chi connectivity index (χ4v) is 4.68. The quantitative estimate of drug-likeness (QED) is 0.618. The number of amides is 1. The maximum atomic E-state index is 11.4. The van der Waals surface area contributed by atoms with Crippen molar-refractivity contribution in [2.24, 2.45) is 0 Å². The summed E-state index contributed by atoms with van der Waals surface area (Å²) in [5.41, 5.74) is 0. The third-order valence-corrected chi connectivity index (χ3v) is 6.50. The van der Waals surface area contributed by atoms with E-state index in [1.54, 1.807) is 11.3 Å². The van der Waals surface area contributed by atoms with Crippen LogP contribution in [0.1, 0.15) is 30.6 Å². The van der Waals surface area contributed by atoms with Gasteiger partial charge in [0.2, 0.25) is 0 Å². The highest BCUT2D eigenvalue weighted by Gasteiger charge is 2.24. The van der Waals surface area contributed by atoms with E-state index in [9.17, 15) is 9.90 Å². The number of nitrogens with zero attached hydrogens (tertiary/aromatic N) is 4. The number of carboxylic acid groups (broad SMARTS) is 1. The summed E-state index contributed by atoms with van der Waals surface area (Å²) in [5, 5.41) is 16.8. The Morgan fingerprint density at radius 1 is 1.23 bits per heavy atom. The molecule has 0 spiro atoms. The largest absolute Gasteiger partial charge is 0.490 e. The van der Waals surface area contributed by atoms with Crippen LogP contribution >= 0.6 is 11.3 Å². The molecule has 2 aromatic heterocycles. The zero-order chi connectivity index (χ0) is 21.8. The topological polar surface area (TPSA) is 103 Å². The van der Waals surface area contributed by atoms with E-state index in [1.807, 2.05) is 25.3 Å². The molecule has 10 heteroatoms. The van der Waals surface area contributed by atoms with E-state index in [-0.39, 0.29) is 12.1 Å². The summed E-state index contributed by atoms with van der Waals surface area (Å²) in [6, 6.07) is 3.84. The first-order valence-electron chi connectivity index (χ1n) is 10.8. The predicted octanol–water partition coefficient (Wildman–Crippen LogP) is 3.62. The number of pyridine rings is 1. The maximum Gasteiger partial charge on any atom is 0.407 e. The fourth-order valence-electron chi connectivity index (χ4n) is 4.01. The Bertz CT molecular complexity index is 899. The molecule has 4 rings (SSSR count). The molecule has 0 unspecified atom stereocenters. The molecule has 31 heavy (non-hydrogen) atoms. The smallest absolute Gasteiger partial charge is 0.407 e. The van der Waals surface area contributed by atoms with E-state index in [1.165, 1.54) is 4.90 Å². The summed E-state index contributed by atoms with van der Waals surface area (Å²) >= 11 is 1.57. The number of anilines is 3. The van der Waals surface area contributed by atoms with Crippen molar-refractivity contribution in [1.29, 1.82) is 0 Å². The standard InChI is InChI=1S/C21H30N6O3S/c1-14-12-22-20(31-14)25-19-11-17(30-16-5-8-26(2)9-6-16)10-18(24-19)23-15-4-3-7-27(13-15)21(28)29/h10-12,15-16H,3-9,13H2,1-2H3,(H,28,29)(H2,22,23,24,25)/t15-/m0/s1. The van der Waals surface area contributed by atoms with Gasteiger partial charge in [-0.05, 0) is 39.7 Å². The first kappa shape index (κ1) is 21.6. The number of rotatable bonds is 6. The summed E-state index contributed by atoms with van der Waals surface area (Å²) in [6.07, 6.45) is 4.85. The van der Waals surface area contributed by atoms with Gasteiger partial charge in [0.15, 0.2) is 5.13 Å². The van der Waals surface area contributed by atoms with Gasteiger partial charge in [-0.2, -0.15) is 0 Å². The Labute approximate surface area is 186 Å². The minimum Gasteiger partial charge on any atom is -0.490 e. The van der Waals surface area contributed by atoms with Crippen molar-refractivity contribution in [1.82, 2.24) is 19.8 Å². The van der Waals surface area contributed by atoms with Crippen molar-refractivity contribution in [2.45, 2.75) is 44.8 Å². The Morgan fingerprint density at radius 2 is 2.00 bits per heavy atom. The van der Waals surface area contributed by atoms with Crippen LogP contribution in [0.25, 0.3) is 0 Å². The number of aromatic nitrogens is 2. The lowest BCUT2D eigenvalue weighted by Gasteiger charge is -2.32. The lowest BCUT2D eigenvalue weighted by molar-refractivity contribution is 0.114. The SMILES string of the molecule is Cc1cnc(Nc2cc(OC3CCN(C)CC3)cc(N[C@H]3CCCN(C(=O)O)C3)n2)s1. The average molecular weight is 447 g/mol. The Morgan fingerprint density at radius 3 is 2.71 bits per heavy atom. The summed E-state index contributed by atoms with van der Waals surface area (Å²) < 4.78 is 6.31. The van der Waals surface area contributed by atoms with E-state index in [2.05, 4.69) is 27.6 Å². The van der Waals surface area contributed by atoms with E-state index in [0.29, 0.717) is 24.7 Å². The van der Waals surface area contributed by atoms with Gasteiger partial charge in [-0.3, -0.25) is 0 Å². The molecule has 0 radical (unpaired) electrons. The third kappa shape index (κ3) is 5.98. The zero-order valence-electron chi connectivity index (χ0n) is 18.0. The van der Waals surface area contributed by atoms with E-state index >= 15 is 0 Å². The van der Waals surface area contributed by atoms with Crippen LogP contribution in [0.4, 0.5) is 21.6 Å². The molecular formula is C21H30N6O3S. The van der Waals surface area contributed by atoms with Crippen LogP contribution < -0.4 is 15.4 Å². The van der Waals surface area contributed by atoms with Gasteiger partial charge in [-0.25, -0.2) is 14.8 Å². The van der Waals surface area contributed by atoms with Crippen molar-refractivity contribution in [3.05, 3.63) is 23.2 Å². The van der Waals surface area contributed by atoms with Crippen LogP contribution in [0, 0.1) is 6.92 Å². The summed E-state index contributed by atoms with van der Waals surface area (Å²) in [4.78, 5) is 25.3. The number of carbonyl (C=O) groups is 1. The second kappa shape index (κ2) is 9.69.